The Morgan fingerprint density at radius 1 is 0.667 bits per heavy atom. The van der Waals surface area contributed by atoms with Crippen molar-refractivity contribution in [3.05, 3.63) is 119 Å². The van der Waals surface area contributed by atoms with Crippen molar-refractivity contribution in [2.75, 3.05) is 21.3 Å². The Morgan fingerprint density at radius 3 is 1.82 bits per heavy atom. The lowest BCUT2D eigenvalue weighted by atomic mass is 10.0. The highest BCUT2D eigenvalue weighted by Gasteiger charge is 2.31. The van der Waals surface area contributed by atoms with Crippen LogP contribution in [0.5, 0.6) is 23.0 Å². The summed E-state index contributed by atoms with van der Waals surface area (Å²) in [7, 11) is 3.98. The maximum atomic E-state index is 13.9. The van der Waals surface area contributed by atoms with E-state index in [0.29, 0.717) is 11.1 Å². The minimum atomic E-state index is -1.47. The van der Waals surface area contributed by atoms with Crippen LogP contribution in [0.15, 0.2) is 91.0 Å². The average molecular weight is 786 g/mol. The van der Waals surface area contributed by atoms with Crippen molar-refractivity contribution in [1.82, 2.24) is 16.0 Å². The number of carboxylic acid groups (broad SMARTS) is 1. The summed E-state index contributed by atoms with van der Waals surface area (Å²) >= 11 is 0. The predicted octanol–water partition coefficient (Wildman–Crippen LogP) is 6.32. The molecule has 0 unspecified atom stereocenters. The Hall–Kier alpha value is -6.77. The third kappa shape index (κ3) is 12.4. The van der Waals surface area contributed by atoms with Crippen LogP contribution in [-0.2, 0) is 41.6 Å². The number of amides is 3. The summed E-state index contributed by atoms with van der Waals surface area (Å²) in [6, 6.07) is 21.0. The van der Waals surface area contributed by atoms with Gasteiger partial charge in [0.25, 0.3) is 0 Å². The lowest BCUT2D eigenvalue weighted by Gasteiger charge is -2.25. The van der Waals surface area contributed by atoms with Gasteiger partial charge in [0.1, 0.15) is 35.8 Å². The Kier molecular flexibility index (Phi) is 14.9. The summed E-state index contributed by atoms with van der Waals surface area (Å²) < 4.78 is 33.3. The number of rotatable bonds is 16. The zero-order valence-electron chi connectivity index (χ0n) is 32.7. The van der Waals surface area contributed by atoms with Crippen molar-refractivity contribution in [2.24, 2.45) is 0 Å². The number of benzene rings is 4. The maximum absolute atomic E-state index is 13.9. The Morgan fingerprint density at radius 2 is 1.25 bits per heavy atom. The van der Waals surface area contributed by atoms with E-state index in [9.17, 15) is 29.1 Å². The van der Waals surface area contributed by atoms with E-state index in [0.717, 1.165) is 5.56 Å². The Labute approximate surface area is 330 Å². The van der Waals surface area contributed by atoms with Gasteiger partial charge in [-0.2, -0.15) is 0 Å². The van der Waals surface area contributed by atoms with E-state index in [-0.39, 0.29) is 47.2 Å². The van der Waals surface area contributed by atoms with Gasteiger partial charge >= 0.3 is 24.1 Å². The van der Waals surface area contributed by atoms with Gasteiger partial charge in [-0.3, -0.25) is 4.79 Å². The third-order valence-corrected chi connectivity index (χ3v) is 8.36. The molecule has 57 heavy (non-hydrogen) atoms. The number of ether oxygens (including phenoxy) is 6. The molecule has 0 radical (unpaired) electrons. The molecule has 0 bridgehead atoms. The van der Waals surface area contributed by atoms with E-state index in [1.165, 1.54) is 51.7 Å². The van der Waals surface area contributed by atoms with Crippen LogP contribution < -0.4 is 30.2 Å². The molecular formula is C42H47N3O12. The second-order valence-corrected chi connectivity index (χ2v) is 13.7. The van der Waals surface area contributed by atoms with Gasteiger partial charge < -0.3 is 49.5 Å². The van der Waals surface area contributed by atoms with Gasteiger partial charge in [0.15, 0.2) is 17.5 Å². The fourth-order valence-electron chi connectivity index (χ4n) is 5.55. The van der Waals surface area contributed by atoms with E-state index >= 15 is 0 Å². The normalized spacial score (nSPS) is 12.5. The molecule has 0 spiro atoms. The van der Waals surface area contributed by atoms with E-state index in [2.05, 4.69) is 16.0 Å². The van der Waals surface area contributed by atoms with Gasteiger partial charge in [0.2, 0.25) is 5.91 Å². The number of carboxylic acids is 1. The smallest absolute Gasteiger partial charge is 0.408 e. The first-order chi connectivity index (χ1) is 27.1. The molecule has 0 saturated carbocycles. The van der Waals surface area contributed by atoms with Crippen molar-refractivity contribution in [3.63, 3.8) is 0 Å². The number of nitrogens with one attached hydrogen (secondary N) is 3. The number of hydrogen-bond acceptors (Lipinski definition) is 11. The van der Waals surface area contributed by atoms with E-state index in [4.69, 9.17) is 28.4 Å². The molecule has 4 aromatic rings. The molecule has 0 aliphatic rings. The average Bonchev–Trinajstić information content (AvgIpc) is 3.18. The van der Waals surface area contributed by atoms with Gasteiger partial charge in [0.05, 0.1) is 21.3 Å². The van der Waals surface area contributed by atoms with Gasteiger partial charge in [-0.05, 0) is 74.2 Å². The highest BCUT2D eigenvalue weighted by molar-refractivity contribution is 5.90. The van der Waals surface area contributed by atoms with Gasteiger partial charge in [-0.15, -0.1) is 0 Å². The lowest BCUT2D eigenvalue weighted by Crippen LogP contribution is -2.48. The fraction of sp³-hybridized carbons (Fsp3) is 0.310. The molecule has 3 amide bonds. The molecule has 15 nitrogen and oxygen atoms in total. The third-order valence-electron chi connectivity index (χ3n) is 8.36. The summed E-state index contributed by atoms with van der Waals surface area (Å²) in [5.74, 6) is -2.22. The highest BCUT2D eigenvalue weighted by Crippen LogP contribution is 2.39. The van der Waals surface area contributed by atoms with Gasteiger partial charge in [-0.1, -0.05) is 66.7 Å². The molecule has 4 aromatic carbocycles. The second-order valence-electron chi connectivity index (χ2n) is 13.7. The number of carbonyl (C=O) groups is 5. The summed E-state index contributed by atoms with van der Waals surface area (Å²) in [4.78, 5) is 65.2. The van der Waals surface area contributed by atoms with Crippen molar-refractivity contribution in [1.29, 1.82) is 0 Å². The lowest BCUT2D eigenvalue weighted by molar-refractivity contribution is -0.143. The Bertz CT molecular complexity index is 2030. The first kappa shape index (κ1) is 43.0. The van der Waals surface area contributed by atoms with Crippen LogP contribution in [0, 0.1) is 6.92 Å². The van der Waals surface area contributed by atoms with E-state index in [1.54, 1.807) is 82.3 Å². The molecule has 4 rings (SSSR count). The minimum absolute atomic E-state index is 0.0261. The monoisotopic (exact) mass is 785 g/mol. The second kappa shape index (κ2) is 19.7. The quantitative estimate of drug-likeness (QED) is 0.0730. The van der Waals surface area contributed by atoms with Crippen LogP contribution in [0.1, 0.15) is 60.7 Å². The molecule has 15 heteroatoms. The van der Waals surface area contributed by atoms with Crippen LogP contribution in [0.2, 0.25) is 0 Å². The number of carbonyl (C=O) groups excluding carboxylic acids is 4. The number of alkyl carbamates (subject to hydrolysis) is 2. The zero-order valence-corrected chi connectivity index (χ0v) is 32.7. The number of hydrogen-bond donors (Lipinski definition) is 4. The van der Waals surface area contributed by atoms with E-state index < -0.39 is 53.8 Å². The summed E-state index contributed by atoms with van der Waals surface area (Å²) in [6.07, 6.45) is -1.85. The fourth-order valence-corrected chi connectivity index (χ4v) is 5.55. The molecule has 4 N–H and O–H groups in total. The van der Waals surface area contributed by atoms with Crippen LogP contribution in [0.3, 0.4) is 0 Å². The van der Waals surface area contributed by atoms with Crippen LogP contribution in [0.4, 0.5) is 9.59 Å². The van der Waals surface area contributed by atoms with Gasteiger partial charge in [-0.25, -0.2) is 19.2 Å². The van der Waals surface area contributed by atoms with Crippen LogP contribution in [0.25, 0.3) is 0 Å². The molecule has 0 saturated heterocycles. The predicted molar refractivity (Wildman–Crippen MR) is 207 cm³/mol. The SMILES string of the molecule is COC(=O)[C@@H](NC(=O)OCc1ccccc1)c1cc(OC)c(C)c(Oc2cc([C@@H](NC(=O)OC(C)(C)C)C(=O)N[C@H](Cc3ccccc3)C(=O)O)ccc2OC)c1. The zero-order chi connectivity index (χ0) is 41.7. The number of esters is 1. The first-order valence-electron chi connectivity index (χ1n) is 17.8. The van der Waals surface area contributed by atoms with Gasteiger partial charge in [0, 0.05) is 12.0 Å². The molecule has 0 aliphatic heterocycles. The molecule has 0 aromatic heterocycles. The van der Waals surface area contributed by atoms with Crippen molar-refractivity contribution in [3.8, 4) is 23.0 Å². The van der Waals surface area contributed by atoms with Crippen molar-refractivity contribution < 1.29 is 57.5 Å². The summed E-state index contributed by atoms with van der Waals surface area (Å²) in [6.45, 7) is 6.61. The summed E-state index contributed by atoms with van der Waals surface area (Å²) in [5.41, 5.74) is 1.36. The molecule has 0 aliphatic carbocycles. The Balaban J connectivity index is 1.70. The number of aliphatic carboxylic acids is 1. The maximum Gasteiger partial charge on any atom is 0.408 e. The molecular weight excluding hydrogens is 738 g/mol. The van der Waals surface area contributed by atoms with Crippen molar-refractivity contribution >= 4 is 30.0 Å². The molecule has 0 fully saturated rings. The number of methoxy groups -OCH3 is 3. The highest BCUT2D eigenvalue weighted by atomic mass is 16.6. The first-order valence-corrected chi connectivity index (χ1v) is 17.8. The minimum Gasteiger partial charge on any atom is -0.496 e. The molecule has 302 valence electrons. The summed E-state index contributed by atoms with van der Waals surface area (Å²) in [5, 5.41) is 17.6. The topological polar surface area (TPSA) is 197 Å². The largest absolute Gasteiger partial charge is 0.496 e. The van der Waals surface area contributed by atoms with Crippen LogP contribution in [-0.4, -0.2) is 68.1 Å². The van der Waals surface area contributed by atoms with Crippen LogP contribution >= 0.6 is 0 Å². The molecule has 3 atom stereocenters. The van der Waals surface area contributed by atoms with E-state index in [1.807, 2.05) is 6.07 Å². The molecule has 0 heterocycles. The standard InChI is InChI=1S/C42H47N3O12/c1-25-32(53-6)22-29(36(39(49)54-7)45-40(50)55-24-27-16-12-9-13-17-27)23-33(25)56-34-21-28(18-19-31(34)52-5)35(44-41(51)57-42(2,3)4)37(46)43-30(38(47)48)20-26-14-10-8-11-15-26/h8-19,21-23,30,35-36H,20,24H2,1-7H3,(H,43,46)(H,44,51)(H,45,50)(H,47,48)/t30-,35-,36+/m1/s1. The van der Waals surface area contributed by atoms with Crippen molar-refractivity contribution in [2.45, 2.75) is 64.4 Å².